The summed E-state index contributed by atoms with van der Waals surface area (Å²) >= 11 is 2.35. The minimum atomic E-state index is -0.325. The highest BCUT2D eigenvalue weighted by molar-refractivity contribution is 14.1. The average molecular weight is 418 g/mol. The van der Waals surface area contributed by atoms with Gasteiger partial charge < -0.3 is 5.32 Å². The predicted molar refractivity (Wildman–Crippen MR) is 98.6 cm³/mol. The number of hydrogen-bond acceptors (Lipinski definition) is 3. The third kappa shape index (κ3) is 2.43. The second kappa shape index (κ2) is 5.63. The first kappa shape index (κ1) is 14.7. The number of rotatable bonds is 2. The van der Waals surface area contributed by atoms with Gasteiger partial charge in [-0.2, -0.15) is 0 Å². The fourth-order valence-corrected chi connectivity index (χ4v) is 4.42. The quantitative estimate of drug-likeness (QED) is 0.322. The van der Waals surface area contributed by atoms with Crippen LogP contribution in [0.1, 0.15) is 29.5 Å². The molecule has 0 bridgehead atoms. The molecule has 0 saturated carbocycles. The lowest BCUT2D eigenvalue weighted by atomic mass is 9.77. The molecule has 0 saturated heterocycles. The van der Waals surface area contributed by atoms with E-state index in [2.05, 4.69) is 58.3 Å². The normalized spacial score (nSPS) is 24.7. The maximum absolute atomic E-state index is 11.1. The molecule has 3 atom stereocenters. The summed E-state index contributed by atoms with van der Waals surface area (Å²) < 4.78 is 1.19. The van der Waals surface area contributed by atoms with Gasteiger partial charge >= 0.3 is 0 Å². The molecule has 0 spiro atoms. The van der Waals surface area contributed by atoms with Crippen molar-refractivity contribution < 1.29 is 4.92 Å². The molecule has 4 rings (SSSR count). The Labute approximate surface area is 147 Å². The summed E-state index contributed by atoms with van der Waals surface area (Å²) in [4.78, 5) is 10.8. The van der Waals surface area contributed by atoms with E-state index in [4.69, 9.17) is 0 Å². The summed E-state index contributed by atoms with van der Waals surface area (Å²) in [6, 6.07) is 13.5. The first-order valence-electron chi connectivity index (χ1n) is 7.61. The molecule has 1 aliphatic heterocycles. The van der Waals surface area contributed by atoms with Crippen molar-refractivity contribution in [2.75, 3.05) is 5.32 Å². The van der Waals surface area contributed by atoms with E-state index in [-0.39, 0.29) is 16.7 Å². The van der Waals surface area contributed by atoms with Crippen LogP contribution in [0, 0.1) is 19.6 Å². The number of hydrogen-bond donors (Lipinski definition) is 1. The van der Waals surface area contributed by atoms with Crippen LogP contribution in [0.4, 0.5) is 11.4 Å². The number of halogens is 1. The summed E-state index contributed by atoms with van der Waals surface area (Å²) in [6.45, 7) is 0. The zero-order chi connectivity index (χ0) is 16.0. The Balaban J connectivity index is 1.80. The second-order valence-electron chi connectivity index (χ2n) is 6.03. The molecule has 4 nitrogen and oxygen atoms in total. The van der Waals surface area contributed by atoms with Crippen LogP contribution < -0.4 is 5.32 Å². The Morgan fingerprint density at radius 3 is 2.87 bits per heavy atom. The number of para-hydroxylation sites is 1. The fraction of sp³-hybridized carbons (Fsp3) is 0.222. The van der Waals surface area contributed by atoms with Crippen molar-refractivity contribution in [3.05, 3.63) is 79.4 Å². The molecule has 1 aliphatic carbocycles. The van der Waals surface area contributed by atoms with E-state index in [0.29, 0.717) is 11.8 Å². The molecule has 5 heteroatoms. The van der Waals surface area contributed by atoms with Gasteiger partial charge in [0.05, 0.1) is 16.7 Å². The standard InChI is InChI=1S/C18H15IN2O2/c19-16-9-3-8-15-13-6-2-7-14(13)17(20-18(15)16)11-4-1-5-12(10-11)21(22)23/h1-6,8-10,13-14,17,20H,7H2/t13-,14-,17+/m1/s1. The summed E-state index contributed by atoms with van der Waals surface area (Å²) in [5, 5.41) is 14.7. The van der Waals surface area contributed by atoms with Crippen molar-refractivity contribution in [3.63, 3.8) is 0 Å². The Kier molecular flexibility index (Phi) is 3.60. The Bertz CT molecular complexity index is 818. The minimum absolute atomic E-state index is 0.0957. The number of anilines is 1. The molecule has 0 unspecified atom stereocenters. The van der Waals surface area contributed by atoms with E-state index < -0.39 is 0 Å². The van der Waals surface area contributed by atoms with E-state index in [0.717, 1.165) is 17.7 Å². The molecule has 2 aromatic rings. The van der Waals surface area contributed by atoms with Gasteiger partial charge in [0, 0.05) is 21.6 Å². The maximum Gasteiger partial charge on any atom is 0.269 e. The molecule has 2 aliphatic rings. The molecule has 0 fully saturated rings. The van der Waals surface area contributed by atoms with Gasteiger partial charge in [-0.05, 0) is 52.1 Å². The number of nitrogens with zero attached hydrogens (tertiary/aromatic N) is 1. The van der Waals surface area contributed by atoms with Crippen LogP contribution in [0.3, 0.4) is 0 Å². The van der Waals surface area contributed by atoms with Crippen molar-refractivity contribution in [1.29, 1.82) is 0 Å². The third-order valence-corrected chi connectivity index (χ3v) is 5.68. The molecule has 2 aromatic carbocycles. The molecular formula is C18H15IN2O2. The number of nitrogens with one attached hydrogen (secondary N) is 1. The second-order valence-corrected chi connectivity index (χ2v) is 7.19. The molecule has 116 valence electrons. The summed E-state index contributed by atoms with van der Waals surface area (Å²) in [6.07, 6.45) is 5.51. The zero-order valence-electron chi connectivity index (χ0n) is 12.3. The average Bonchev–Trinajstić information content (AvgIpc) is 3.04. The van der Waals surface area contributed by atoms with Crippen molar-refractivity contribution in [2.24, 2.45) is 5.92 Å². The van der Waals surface area contributed by atoms with Gasteiger partial charge in [0.1, 0.15) is 0 Å². The Morgan fingerprint density at radius 2 is 2.04 bits per heavy atom. The Morgan fingerprint density at radius 1 is 1.22 bits per heavy atom. The number of nitro groups is 1. The predicted octanol–water partition coefficient (Wildman–Crippen LogP) is 5.03. The van der Waals surface area contributed by atoms with Crippen LogP contribution in [0.5, 0.6) is 0 Å². The summed E-state index contributed by atoms with van der Waals surface area (Å²) in [7, 11) is 0. The molecular weight excluding hydrogens is 403 g/mol. The van der Waals surface area contributed by atoms with E-state index in [9.17, 15) is 10.1 Å². The molecule has 1 heterocycles. The minimum Gasteiger partial charge on any atom is -0.377 e. The lowest BCUT2D eigenvalue weighted by Gasteiger charge is -2.38. The van der Waals surface area contributed by atoms with Gasteiger partial charge in [0.2, 0.25) is 0 Å². The van der Waals surface area contributed by atoms with Gasteiger partial charge in [0.15, 0.2) is 0 Å². The lowest BCUT2D eigenvalue weighted by Crippen LogP contribution is -2.29. The highest BCUT2D eigenvalue weighted by Crippen LogP contribution is 2.50. The van der Waals surface area contributed by atoms with E-state index in [1.165, 1.54) is 9.13 Å². The van der Waals surface area contributed by atoms with Crippen molar-refractivity contribution in [1.82, 2.24) is 0 Å². The largest absolute Gasteiger partial charge is 0.377 e. The van der Waals surface area contributed by atoms with Crippen LogP contribution in [-0.2, 0) is 0 Å². The third-order valence-electron chi connectivity index (χ3n) is 4.79. The summed E-state index contributed by atoms with van der Waals surface area (Å²) in [5.41, 5.74) is 3.64. The van der Waals surface area contributed by atoms with Crippen molar-refractivity contribution in [2.45, 2.75) is 18.4 Å². The van der Waals surface area contributed by atoms with Crippen LogP contribution >= 0.6 is 22.6 Å². The van der Waals surface area contributed by atoms with Crippen LogP contribution in [-0.4, -0.2) is 4.92 Å². The van der Waals surface area contributed by atoms with Gasteiger partial charge in [-0.3, -0.25) is 10.1 Å². The number of fused-ring (bicyclic) bond motifs is 3. The van der Waals surface area contributed by atoms with Gasteiger partial charge in [-0.1, -0.05) is 36.4 Å². The SMILES string of the molecule is O=[N+]([O-])c1cccc([C@@H]2Nc3c(I)cccc3[C@@H]3C=CC[C@H]32)c1. The van der Waals surface area contributed by atoms with E-state index >= 15 is 0 Å². The van der Waals surface area contributed by atoms with Crippen LogP contribution in [0.25, 0.3) is 0 Å². The van der Waals surface area contributed by atoms with Crippen molar-refractivity contribution >= 4 is 34.0 Å². The lowest BCUT2D eigenvalue weighted by molar-refractivity contribution is -0.384. The van der Waals surface area contributed by atoms with E-state index in [1.807, 2.05) is 6.07 Å². The zero-order valence-corrected chi connectivity index (χ0v) is 14.4. The number of benzene rings is 2. The molecule has 1 N–H and O–H groups in total. The number of allylic oxidation sites excluding steroid dienone is 2. The van der Waals surface area contributed by atoms with E-state index in [1.54, 1.807) is 18.2 Å². The first-order chi connectivity index (χ1) is 11.1. The van der Waals surface area contributed by atoms with Crippen molar-refractivity contribution in [3.8, 4) is 0 Å². The molecule has 0 aromatic heterocycles. The summed E-state index contributed by atoms with van der Waals surface area (Å²) in [5.74, 6) is 0.785. The van der Waals surface area contributed by atoms with Crippen LogP contribution in [0.15, 0.2) is 54.6 Å². The van der Waals surface area contributed by atoms with Gasteiger partial charge in [-0.15, -0.1) is 0 Å². The maximum atomic E-state index is 11.1. The van der Waals surface area contributed by atoms with Gasteiger partial charge in [-0.25, -0.2) is 0 Å². The highest BCUT2D eigenvalue weighted by atomic mass is 127. The molecule has 0 radical (unpaired) electrons. The number of non-ortho nitro benzene ring substituents is 1. The topological polar surface area (TPSA) is 55.2 Å². The molecule has 23 heavy (non-hydrogen) atoms. The highest BCUT2D eigenvalue weighted by Gasteiger charge is 2.38. The number of nitro benzene ring substituents is 1. The Hall–Kier alpha value is -1.89. The molecule has 0 amide bonds. The monoisotopic (exact) mass is 418 g/mol. The first-order valence-corrected chi connectivity index (χ1v) is 8.69. The van der Waals surface area contributed by atoms with Gasteiger partial charge in [0.25, 0.3) is 5.69 Å². The smallest absolute Gasteiger partial charge is 0.269 e. The fourth-order valence-electron chi connectivity index (χ4n) is 3.75. The van der Waals surface area contributed by atoms with Crippen LogP contribution in [0.2, 0.25) is 0 Å².